The van der Waals surface area contributed by atoms with Crippen molar-refractivity contribution in [2.75, 3.05) is 0 Å². The van der Waals surface area contributed by atoms with Crippen LogP contribution in [0.3, 0.4) is 0 Å². The van der Waals surface area contributed by atoms with Gasteiger partial charge in [-0.3, -0.25) is 0 Å². The first-order valence-corrected chi connectivity index (χ1v) is 6.24. The van der Waals surface area contributed by atoms with Gasteiger partial charge in [0.15, 0.2) is 0 Å². The number of benzene rings is 1. The van der Waals surface area contributed by atoms with E-state index in [0.29, 0.717) is 0 Å². The fourth-order valence-electron chi connectivity index (χ4n) is 0.655. The number of rotatable bonds is 2. The van der Waals surface area contributed by atoms with Gasteiger partial charge in [0.1, 0.15) is 0 Å². The maximum atomic E-state index is 3.68. The van der Waals surface area contributed by atoms with Gasteiger partial charge in [-0.1, -0.05) is 33.7 Å². The molecule has 0 saturated heterocycles. The largest absolute Gasteiger partial charge is 0.0985 e. The summed E-state index contributed by atoms with van der Waals surface area (Å²) in [6.07, 6.45) is 1.85. The van der Waals surface area contributed by atoms with E-state index >= 15 is 0 Å². The van der Waals surface area contributed by atoms with Crippen LogP contribution in [0, 0.1) is 0 Å². The van der Waals surface area contributed by atoms with Crippen molar-refractivity contribution in [1.82, 2.24) is 0 Å². The van der Waals surface area contributed by atoms with Crippen molar-refractivity contribution in [3.05, 3.63) is 36.4 Å². The first kappa shape index (κ1) is 8.14. The minimum absolute atomic E-state index is 1.18. The summed E-state index contributed by atoms with van der Waals surface area (Å²) in [6, 6.07) is 8.31. The molecule has 52 valence electrons. The van der Waals surface area contributed by atoms with Crippen LogP contribution < -0.4 is 0 Å². The van der Waals surface area contributed by atoms with Crippen LogP contribution in [0.2, 0.25) is 0 Å². The fraction of sp³-hybridized carbons (Fsp3) is 0. The Bertz CT molecular complexity index is 215. The molecule has 0 amide bonds. The highest BCUT2D eigenvalue weighted by atomic mass is 127. The molecule has 0 radical (unpaired) electrons. The van der Waals surface area contributed by atoms with Gasteiger partial charge in [-0.15, -0.1) is 0 Å². The number of hydrogen-bond donors (Lipinski definition) is 0. The molecule has 0 nitrogen and oxygen atoms in total. The van der Waals surface area contributed by atoms with E-state index in [1.54, 1.807) is 8.93 Å². The lowest BCUT2D eigenvalue weighted by Crippen LogP contribution is -1.69. The first-order chi connectivity index (χ1) is 4.86. The summed E-state index contributed by atoms with van der Waals surface area (Å²) >= 11 is 2.27. The van der Waals surface area contributed by atoms with Crippen LogP contribution in [-0.2, 0) is 0 Å². The average molecular weight is 262 g/mol. The Kier molecular flexibility index (Phi) is 3.28. The molecule has 0 atom stereocenters. The molecule has 0 saturated carbocycles. The third-order valence-electron chi connectivity index (χ3n) is 1.20. The van der Waals surface area contributed by atoms with E-state index in [2.05, 4.69) is 52.0 Å². The fourth-order valence-corrected chi connectivity index (χ4v) is 1.78. The van der Waals surface area contributed by atoms with E-state index < -0.39 is 0 Å². The third-order valence-corrected chi connectivity index (χ3v) is 3.18. The van der Waals surface area contributed by atoms with Gasteiger partial charge in [0.25, 0.3) is 0 Å². The average Bonchev–Trinajstić information content (AvgIpc) is 2.05. The van der Waals surface area contributed by atoms with Crippen LogP contribution in [0.25, 0.3) is 6.08 Å². The molecule has 0 aliphatic heterocycles. The minimum Gasteiger partial charge on any atom is -0.0985 e. The highest BCUT2D eigenvalue weighted by Gasteiger charge is 1.88. The second kappa shape index (κ2) is 4.03. The first-order valence-electron chi connectivity index (χ1n) is 2.88. The zero-order chi connectivity index (χ0) is 7.40. The van der Waals surface area contributed by atoms with Gasteiger partial charge in [0.2, 0.25) is 0 Å². The number of hydrogen-bond acceptors (Lipinski definition) is 1. The topological polar surface area (TPSA) is 0 Å². The second-order valence-corrected chi connectivity index (χ2v) is 3.80. The Hall–Kier alpha value is 0.0400. The Balaban J connectivity index is 2.90. The SMILES string of the molecule is C=Cc1ccc(SI)cc1. The molecule has 1 aromatic carbocycles. The molecule has 0 bridgehead atoms. The van der Waals surface area contributed by atoms with Crippen molar-refractivity contribution in [3.8, 4) is 0 Å². The van der Waals surface area contributed by atoms with Gasteiger partial charge >= 0.3 is 0 Å². The summed E-state index contributed by atoms with van der Waals surface area (Å²) in [7, 11) is 1.72. The smallest absolute Gasteiger partial charge is 0.0179 e. The number of halogens is 1. The molecule has 0 aliphatic rings. The monoisotopic (exact) mass is 262 g/mol. The molecule has 0 spiro atoms. The molecular formula is C8H7IS. The maximum Gasteiger partial charge on any atom is 0.0179 e. The quantitative estimate of drug-likeness (QED) is 0.731. The summed E-state index contributed by atoms with van der Waals surface area (Å²) in [5.74, 6) is 0. The summed E-state index contributed by atoms with van der Waals surface area (Å²) in [4.78, 5) is 1.28. The normalized spacial score (nSPS) is 9.30. The van der Waals surface area contributed by atoms with Gasteiger partial charge < -0.3 is 0 Å². The zero-order valence-electron chi connectivity index (χ0n) is 5.38. The summed E-state index contributed by atoms with van der Waals surface area (Å²) in [5, 5.41) is 0. The van der Waals surface area contributed by atoms with E-state index in [1.165, 1.54) is 10.5 Å². The molecule has 0 unspecified atom stereocenters. The Morgan fingerprint density at radius 1 is 1.30 bits per heavy atom. The van der Waals surface area contributed by atoms with Crippen LogP contribution in [0.1, 0.15) is 5.56 Å². The Morgan fingerprint density at radius 3 is 2.30 bits per heavy atom. The minimum atomic E-state index is 1.18. The lowest BCUT2D eigenvalue weighted by molar-refractivity contribution is 1.46. The molecule has 1 rings (SSSR count). The van der Waals surface area contributed by atoms with E-state index in [1.807, 2.05) is 6.08 Å². The van der Waals surface area contributed by atoms with Crippen LogP contribution in [0.15, 0.2) is 35.7 Å². The second-order valence-electron chi connectivity index (χ2n) is 1.85. The summed E-state index contributed by atoms with van der Waals surface area (Å²) < 4.78 is 0. The van der Waals surface area contributed by atoms with Crippen molar-refractivity contribution in [2.45, 2.75) is 4.90 Å². The van der Waals surface area contributed by atoms with E-state index in [4.69, 9.17) is 0 Å². The molecule has 10 heavy (non-hydrogen) atoms. The van der Waals surface area contributed by atoms with Gasteiger partial charge in [-0.25, -0.2) is 0 Å². The van der Waals surface area contributed by atoms with Crippen molar-refractivity contribution >= 4 is 36.2 Å². The predicted octanol–water partition coefficient (Wildman–Crippen LogP) is 3.77. The van der Waals surface area contributed by atoms with Crippen molar-refractivity contribution in [1.29, 1.82) is 0 Å². The molecule has 2 heteroatoms. The van der Waals surface area contributed by atoms with Crippen molar-refractivity contribution < 1.29 is 0 Å². The van der Waals surface area contributed by atoms with Crippen molar-refractivity contribution in [2.24, 2.45) is 0 Å². The predicted molar refractivity (Wildman–Crippen MR) is 56.4 cm³/mol. The molecule has 0 N–H and O–H groups in total. The van der Waals surface area contributed by atoms with Gasteiger partial charge in [-0.05, 0) is 17.7 Å². The lowest BCUT2D eigenvalue weighted by atomic mass is 10.2. The van der Waals surface area contributed by atoms with Gasteiger partial charge in [-0.2, -0.15) is 0 Å². The Labute approximate surface area is 77.3 Å². The Morgan fingerprint density at radius 2 is 1.90 bits per heavy atom. The molecule has 0 aromatic heterocycles. The van der Waals surface area contributed by atoms with Crippen LogP contribution in [0.5, 0.6) is 0 Å². The lowest BCUT2D eigenvalue weighted by Gasteiger charge is -1.93. The van der Waals surface area contributed by atoms with Gasteiger partial charge in [0.05, 0.1) is 0 Å². The van der Waals surface area contributed by atoms with Crippen LogP contribution >= 0.6 is 30.1 Å². The van der Waals surface area contributed by atoms with E-state index in [0.717, 1.165) is 0 Å². The summed E-state index contributed by atoms with van der Waals surface area (Å²) in [5.41, 5.74) is 1.18. The molecule has 1 aromatic rings. The molecule has 0 fully saturated rings. The van der Waals surface area contributed by atoms with Crippen molar-refractivity contribution in [3.63, 3.8) is 0 Å². The van der Waals surface area contributed by atoms with Crippen LogP contribution in [-0.4, -0.2) is 0 Å². The van der Waals surface area contributed by atoms with Gasteiger partial charge in [0, 0.05) is 26.1 Å². The highest BCUT2D eigenvalue weighted by Crippen LogP contribution is 2.24. The molecule has 0 heterocycles. The molecule has 0 aliphatic carbocycles. The van der Waals surface area contributed by atoms with E-state index in [9.17, 15) is 0 Å². The highest BCUT2D eigenvalue weighted by molar-refractivity contribution is 14.2. The van der Waals surface area contributed by atoms with Crippen LogP contribution in [0.4, 0.5) is 0 Å². The maximum absolute atomic E-state index is 3.68. The zero-order valence-corrected chi connectivity index (χ0v) is 8.35. The summed E-state index contributed by atoms with van der Waals surface area (Å²) in [6.45, 7) is 3.68. The standard InChI is InChI=1S/C8H7IS/c1-2-7-3-5-8(10-9)6-4-7/h2-6H,1H2. The van der Waals surface area contributed by atoms with E-state index in [-0.39, 0.29) is 0 Å². The third kappa shape index (κ3) is 2.02. The molecular weight excluding hydrogens is 255 g/mol.